The quantitative estimate of drug-likeness (QED) is 0.232. The minimum atomic E-state index is -4.59. The normalized spacial score (nSPS) is 11.7. The van der Waals surface area contributed by atoms with Gasteiger partial charge in [0.2, 0.25) is 0 Å². The zero-order valence-electron chi connectivity index (χ0n) is 14.8. The van der Waals surface area contributed by atoms with Crippen molar-refractivity contribution in [2.75, 3.05) is 0 Å². The van der Waals surface area contributed by atoms with Gasteiger partial charge in [-0.15, -0.1) is 0 Å². The van der Waals surface area contributed by atoms with E-state index in [1.807, 2.05) is 13.0 Å². The Balaban J connectivity index is 1.95. The van der Waals surface area contributed by atoms with Crippen molar-refractivity contribution in [1.29, 1.82) is 0 Å². The molecule has 0 N–H and O–H groups in total. The van der Waals surface area contributed by atoms with Crippen molar-refractivity contribution in [3.05, 3.63) is 75.5 Å². The molecule has 0 unspecified atom stereocenters. The summed E-state index contributed by atoms with van der Waals surface area (Å²) in [5.41, 5.74) is -1.58. The first-order valence-corrected chi connectivity index (χ1v) is 10.1. The van der Waals surface area contributed by atoms with Crippen molar-refractivity contribution in [2.45, 2.75) is 25.9 Å². The van der Waals surface area contributed by atoms with E-state index < -0.39 is 46.5 Å². The standard InChI is InChI=1S/C20H13F7OSe/c1-2-3-12-4-5-17(29-12)10-6-13(21)18(14(22)7-10)20(26,27)28-11-8-15(23)19(25)16(24)9-11/h4-9H,2-3H2,1H3. The van der Waals surface area contributed by atoms with E-state index in [-0.39, 0.29) is 32.2 Å². The number of ether oxygens (including phenoxy) is 1. The Morgan fingerprint density at radius 2 is 1.45 bits per heavy atom. The van der Waals surface area contributed by atoms with Crippen molar-refractivity contribution in [3.63, 3.8) is 0 Å². The molecule has 0 fully saturated rings. The maximum absolute atomic E-state index is 14.4. The van der Waals surface area contributed by atoms with Crippen LogP contribution in [0.1, 0.15) is 23.3 Å². The summed E-state index contributed by atoms with van der Waals surface area (Å²) in [5, 5.41) is 0. The monoisotopic (exact) mass is 482 g/mol. The maximum atomic E-state index is 14.4. The molecule has 1 nitrogen and oxygen atoms in total. The summed E-state index contributed by atoms with van der Waals surface area (Å²) in [6.07, 6.45) is -2.85. The molecule has 0 atom stereocenters. The van der Waals surface area contributed by atoms with E-state index in [9.17, 15) is 30.7 Å². The average Bonchev–Trinajstić information content (AvgIpc) is 3.07. The van der Waals surface area contributed by atoms with Crippen LogP contribution < -0.4 is 4.74 Å². The van der Waals surface area contributed by atoms with E-state index in [1.165, 1.54) is 0 Å². The van der Waals surface area contributed by atoms with Gasteiger partial charge >= 0.3 is 167 Å². The molecule has 0 aliphatic carbocycles. The number of alkyl halides is 2. The van der Waals surface area contributed by atoms with Crippen LogP contribution in [0, 0.1) is 29.1 Å². The Labute approximate surface area is 167 Å². The van der Waals surface area contributed by atoms with Crippen LogP contribution in [-0.2, 0) is 12.5 Å². The van der Waals surface area contributed by atoms with Gasteiger partial charge in [0.15, 0.2) is 0 Å². The Bertz CT molecular complexity index is 999. The molecule has 0 amide bonds. The Morgan fingerprint density at radius 3 is 2.00 bits per heavy atom. The molecule has 0 aliphatic heterocycles. The number of rotatable bonds is 6. The van der Waals surface area contributed by atoms with Gasteiger partial charge in [0.1, 0.15) is 0 Å². The third-order valence-corrected chi connectivity index (χ3v) is 6.48. The number of aryl methyl sites for hydroxylation is 1. The van der Waals surface area contributed by atoms with Crippen LogP contribution in [0.4, 0.5) is 30.7 Å². The summed E-state index contributed by atoms with van der Waals surface area (Å²) >= 11 is -0.168. The second-order valence-electron chi connectivity index (χ2n) is 6.15. The molecule has 0 saturated heterocycles. The van der Waals surface area contributed by atoms with Crippen LogP contribution in [0.25, 0.3) is 10.0 Å². The molecule has 0 bridgehead atoms. The average molecular weight is 481 g/mol. The molecule has 1 aromatic heterocycles. The van der Waals surface area contributed by atoms with Crippen molar-refractivity contribution >= 4 is 14.5 Å². The summed E-state index contributed by atoms with van der Waals surface area (Å²) in [6.45, 7) is 1.99. The van der Waals surface area contributed by atoms with E-state index >= 15 is 0 Å². The van der Waals surface area contributed by atoms with Crippen LogP contribution in [0.3, 0.4) is 0 Å². The minimum absolute atomic E-state index is 0.126. The summed E-state index contributed by atoms with van der Waals surface area (Å²) < 4.78 is 103. The van der Waals surface area contributed by atoms with Crippen molar-refractivity contribution in [2.24, 2.45) is 0 Å². The molecule has 29 heavy (non-hydrogen) atoms. The molecule has 0 spiro atoms. The predicted molar refractivity (Wildman–Crippen MR) is 93.6 cm³/mol. The van der Waals surface area contributed by atoms with Gasteiger partial charge in [-0.3, -0.25) is 0 Å². The fraction of sp³-hybridized carbons (Fsp3) is 0.200. The van der Waals surface area contributed by atoms with Gasteiger partial charge in [0, 0.05) is 0 Å². The fourth-order valence-electron chi connectivity index (χ4n) is 2.70. The summed E-state index contributed by atoms with van der Waals surface area (Å²) in [4.78, 5) is 0. The van der Waals surface area contributed by atoms with Crippen LogP contribution in [-0.4, -0.2) is 14.5 Å². The van der Waals surface area contributed by atoms with Gasteiger partial charge in [0.25, 0.3) is 0 Å². The molecule has 0 radical (unpaired) electrons. The van der Waals surface area contributed by atoms with Crippen LogP contribution in [0.2, 0.25) is 0 Å². The van der Waals surface area contributed by atoms with Crippen LogP contribution in [0.15, 0.2) is 36.4 Å². The molecular weight excluding hydrogens is 468 g/mol. The molecule has 3 aromatic rings. The van der Waals surface area contributed by atoms with Crippen molar-refractivity contribution < 1.29 is 35.5 Å². The first-order chi connectivity index (χ1) is 13.6. The predicted octanol–water partition coefficient (Wildman–Crippen LogP) is 6.19. The number of hydrogen-bond donors (Lipinski definition) is 0. The van der Waals surface area contributed by atoms with E-state index in [1.54, 1.807) is 6.07 Å². The number of halogens is 7. The van der Waals surface area contributed by atoms with Gasteiger partial charge in [-0.1, -0.05) is 0 Å². The molecule has 9 heteroatoms. The topological polar surface area (TPSA) is 9.23 Å². The first-order valence-electron chi connectivity index (χ1n) is 8.42. The summed E-state index contributed by atoms with van der Waals surface area (Å²) in [5.74, 6) is -9.71. The van der Waals surface area contributed by atoms with Gasteiger partial charge in [-0.05, 0) is 0 Å². The van der Waals surface area contributed by atoms with Crippen molar-refractivity contribution in [1.82, 2.24) is 0 Å². The molecule has 3 rings (SSSR count). The fourth-order valence-corrected chi connectivity index (χ4v) is 5.00. The molecule has 154 valence electrons. The van der Waals surface area contributed by atoms with Gasteiger partial charge in [-0.2, -0.15) is 0 Å². The number of benzene rings is 2. The van der Waals surface area contributed by atoms with Gasteiger partial charge < -0.3 is 0 Å². The SMILES string of the molecule is CCCc1ccc(-c2cc(F)c(C(F)(F)Oc3cc(F)c(F)c(F)c3)c(F)c2)[se]1. The van der Waals surface area contributed by atoms with Crippen LogP contribution in [0.5, 0.6) is 5.75 Å². The van der Waals surface area contributed by atoms with Gasteiger partial charge in [0.05, 0.1) is 0 Å². The van der Waals surface area contributed by atoms with E-state index in [2.05, 4.69) is 4.74 Å². The first kappa shape index (κ1) is 21.5. The molecule has 0 aliphatic rings. The Hall–Kier alpha value is -2.25. The molecular formula is C20H13F7OSe. The number of hydrogen-bond acceptors (Lipinski definition) is 1. The van der Waals surface area contributed by atoms with Gasteiger partial charge in [-0.25, -0.2) is 0 Å². The molecule has 0 saturated carbocycles. The zero-order valence-corrected chi connectivity index (χ0v) is 16.6. The summed E-state index contributed by atoms with van der Waals surface area (Å²) in [7, 11) is 0. The zero-order chi connectivity index (χ0) is 21.3. The second kappa shape index (κ2) is 8.24. The van der Waals surface area contributed by atoms with E-state index in [0.717, 1.165) is 29.4 Å². The van der Waals surface area contributed by atoms with Crippen LogP contribution >= 0.6 is 0 Å². The second-order valence-corrected chi connectivity index (χ2v) is 8.60. The Kier molecular flexibility index (Phi) is 6.10. The third-order valence-electron chi connectivity index (χ3n) is 3.98. The summed E-state index contributed by atoms with van der Waals surface area (Å²) in [6, 6.07) is 5.37. The third kappa shape index (κ3) is 4.51. The van der Waals surface area contributed by atoms with E-state index in [0.29, 0.717) is 4.44 Å². The van der Waals surface area contributed by atoms with E-state index in [4.69, 9.17) is 0 Å². The molecule has 2 aromatic carbocycles. The Morgan fingerprint density at radius 1 is 0.862 bits per heavy atom. The molecule has 1 heterocycles. The van der Waals surface area contributed by atoms with Crippen molar-refractivity contribution in [3.8, 4) is 15.8 Å².